The number of ether oxygens (including phenoxy) is 1. The number of nitrogens with one attached hydrogen (secondary N) is 2. The topological polar surface area (TPSA) is 84.5 Å². The summed E-state index contributed by atoms with van der Waals surface area (Å²) in [6.07, 6.45) is 1.71. The third kappa shape index (κ3) is 7.36. The molecule has 0 radical (unpaired) electrons. The number of hydrogen-bond donors (Lipinski definition) is 2. The van der Waals surface area contributed by atoms with Crippen LogP contribution >= 0.6 is 0 Å². The summed E-state index contributed by atoms with van der Waals surface area (Å²) in [6.45, 7) is 5.73. The normalized spacial score (nSPS) is 12.1. The van der Waals surface area contributed by atoms with Gasteiger partial charge in [-0.05, 0) is 86.7 Å². The molecule has 7 heteroatoms. The lowest BCUT2D eigenvalue weighted by Gasteiger charge is -2.14. The maximum absolute atomic E-state index is 12.6. The highest BCUT2D eigenvalue weighted by molar-refractivity contribution is 7.92. The lowest BCUT2D eigenvalue weighted by molar-refractivity contribution is -0.123. The van der Waals surface area contributed by atoms with E-state index in [2.05, 4.69) is 22.2 Å². The molecule has 174 valence electrons. The SMILES string of the molecule is Cc1ccc(NS(=O)(=O)c2ccc(OCC(=O)N[C@@H](C)CCc3ccccc3)cc2)cc1C. The van der Waals surface area contributed by atoms with E-state index >= 15 is 0 Å². The summed E-state index contributed by atoms with van der Waals surface area (Å²) in [7, 11) is -3.72. The number of sulfonamides is 1. The summed E-state index contributed by atoms with van der Waals surface area (Å²) in [5, 5.41) is 2.92. The Balaban J connectivity index is 1.48. The van der Waals surface area contributed by atoms with Crippen molar-refractivity contribution >= 4 is 21.6 Å². The number of hydrogen-bond acceptors (Lipinski definition) is 4. The molecule has 0 saturated carbocycles. The van der Waals surface area contributed by atoms with Gasteiger partial charge in [0.15, 0.2) is 6.61 Å². The van der Waals surface area contributed by atoms with Gasteiger partial charge < -0.3 is 10.1 Å². The number of carbonyl (C=O) groups excluding carboxylic acids is 1. The molecule has 0 saturated heterocycles. The summed E-state index contributed by atoms with van der Waals surface area (Å²) in [6, 6.07) is 21.5. The number of anilines is 1. The molecule has 1 amide bonds. The van der Waals surface area contributed by atoms with Crippen LogP contribution in [0.2, 0.25) is 0 Å². The van der Waals surface area contributed by atoms with Crippen LogP contribution in [0, 0.1) is 13.8 Å². The van der Waals surface area contributed by atoms with Gasteiger partial charge in [0.05, 0.1) is 4.90 Å². The molecule has 3 aromatic carbocycles. The Hall–Kier alpha value is -3.32. The van der Waals surface area contributed by atoms with Crippen LogP contribution in [0.4, 0.5) is 5.69 Å². The third-order valence-electron chi connectivity index (χ3n) is 5.38. The molecule has 6 nitrogen and oxygen atoms in total. The summed E-state index contributed by atoms with van der Waals surface area (Å²) in [4.78, 5) is 12.3. The fraction of sp³-hybridized carbons (Fsp3) is 0.269. The fourth-order valence-corrected chi connectivity index (χ4v) is 4.35. The second-order valence-corrected chi connectivity index (χ2v) is 9.84. The average molecular weight is 467 g/mol. The maximum Gasteiger partial charge on any atom is 0.261 e. The van der Waals surface area contributed by atoms with Crippen molar-refractivity contribution in [3.8, 4) is 5.75 Å². The molecule has 2 N–H and O–H groups in total. The van der Waals surface area contributed by atoms with Crippen molar-refractivity contribution in [2.24, 2.45) is 0 Å². The molecule has 0 aliphatic carbocycles. The van der Waals surface area contributed by atoms with Gasteiger partial charge in [0.1, 0.15) is 5.75 Å². The Morgan fingerprint density at radius 3 is 2.30 bits per heavy atom. The van der Waals surface area contributed by atoms with Crippen LogP contribution in [-0.4, -0.2) is 27.0 Å². The van der Waals surface area contributed by atoms with Crippen molar-refractivity contribution in [1.29, 1.82) is 0 Å². The van der Waals surface area contributed by atoms with Gasteiger partial charge in [0, 0.05) is 11.7 Å². The number of rotatable bonds is 10. The highest BCUT2D eigenvalue weighted by Gasteiger charge is 2.15. The molecule has 3 rings (SSSR count). The molecule has 0 aliphatic heterocycles. The van der Waals surface area contributed by atoms with Gasteiger partial charge in [-0.15, -0.1) is 0 Å². The summed E-state index contributed by atoms with van der Waals surface area (Å²) in [5.74, 6) is 0.205. The zero-order chi connectivity index (χ0) is 23.8. The molecule has 0 aliphatic rings. The van der Waals surface area contributed by atoms with E-state index in [0.29, 0.717) is 11.4 Å². The van der Waals surface area contributed by atoms with Crippen LogP contribution in [0.1, 0.15) is 30.0 Å². The summed E-state index contributed by atoms with van der Waals surface area (Å²) in [5.41, 5.74) is 3.84. The second kappa shape index (κ2) is 11.0. The van der Waals surface area contributed by atoms with Crippen molar-refractivity contribution in [2.75, 3.05) is 11.3 Å². The number of carbonyl (C=O) groups is 1. The van der Waals surface area contributed by atoms with Gasteiger partial charge in [-0.25, -0.2) is 8.42 Å². The first-order valence-electron chi connectivity index (χ1n) is 10.9. The van der Waals surface area contributed by atoms with Gasteiger partial charge >= 0.3 is 0 Å². The molecule has 1 atom stereocenters. The standard InChI is InChI=1S/C26H30N2O4S/c1-19-9-12-23(17-20(19)2)28-33(30,31)25-15-13-24(14-16-25)32-18-26(29)27-21(3)10-11-22-7-5-4-6-8-22/h4-9,12-17,21,28H,10-11,18H2,1-3H3,(H,27,29)/t21-/m0/s1. The van der Waals surface area contributed by atoms with Crippen LogP contribution in [-0.2, 0) is 21.2 Å². The van der Waals surface area contributed by atoms with E-state index in [1.54, 1.807) is 24.3 Å². The van der Waals surface area contributed by atoms with E-state index in [4.69, 9.17) is 4.74 Å². The number of aryl methyl sites for hydroxylation is 3. The molecule has 0 fully saturated rings. The minimum Gasteiger partial charge on any atom is -0.484 e. The van der Waals surface area contributed by atoms with Crippen molar-refractivity contribution in [2.45, 2.75) is 44.6 Å². The van der Waals surface area contributed by atoms with Crippen LogP contribution in [0.25, 0.3) is 0 Å². The van der Waals surface area contributed by atoms with Gasteiger partial charge in [-0.1, -0.05) is 36.4 Å². The largest absolute Gasteiger partial charge is 0.484 e. The number of amides is 1. The lowest BCUT2D eigenvalue weighted by atomic mass is 10.1. The minimum atomic E-state index is -3.72. The molecule has 0 unspecified atom stereocenters. The van der Waals surface area contributed by atoms with Gasteiger partial charge in [-0.3, -0.25) is 9.52 Å². The van der Waals surface area contributed by atoms with Crippen molar-refractivity contribution in [1.82, 2.24) is 5.32 Å². The first kappa shape index (κ1) is 24.3. The first-order chi connectivity index (χ1) is 15.7. The predicted molar refractivity (Wildman–Crippen MR) is 131 cm³/mol. The molecular weight excluding hydrogens is 436 g/mol. The molecule has 33 heavy (non-hydrogen) atoms. The average Bonchev–Trinajstić information content (AvgIpc) is 2.79. The molecule has 3 aromatic rings. The van der Waals surface area contributed by atoms with Crippen molar-refractivity contribution in [3.05, 3.63) is 89.5 Å². The van der Waals surface area contributed by atoms with Gasteiger partial charge in [-0.2, -0.15) is 0 Å². The fourth-order valence-electron chi connectivity index (χ4n) is 3.30. The van der Waals surface area contributed by atoms with Crippen LogP contribution in [0.15, 0.2) is 77.7 Å². The van der Waals surface area contributed by atoms with E-state index in [1.165, 1.54) is 17.7 Å². The highest BCUT2D eigenvalue weighted by atomic mass is 32.2. The molecule has 0 spiro atoms. The maximum atomic E-state index is 12.6. The quantitative estimate of drug-likeness (QED) is 0.457. The Morgan fingerprint density at radius 1 is 0.939 bits per heavy atom. The van der Waals surface area contributed by atoms with Crippen LogP contribution in [0.5, 0.6) is 5.75 Å². The lowest BCUT2D eigenvalue weighted by Crippen LogP contribution is -2.36. The van der Waals surface area contributed by atoms with Gasteiger partial charge in [0.25, 0.3) is 15.9 Å². The predicted octanol–water partition coefficient (Wildman–Crippen LogP) is 4.62. The zero-order valence-corrected chi connectivity index (χ0v) is 20.0. The zero-order valence-electron chi connectivity index (χ0n) is 19.2. The first-order valence-corrected chi connectivity index (χ1v) is 12.4. The summed E-state index contributed by atoms with van der Waals surface area (Å²) >= 11 is 0. The minimum absolute atomic E-state index is 0.0188. The Morgan fingerprint density at radius 2 is 1.64 bits per heavy atom. The van der Waals surface area contributed by atoms with E-state index in [0.717, 1.165) is 24.0 Å². The smallest absolute Gasteiger partial charge is 0.261 e. The second-order valence-electron chi connectivity index (χ2n) is 8.16. The van der Waals surface area contributed by atoms with Crippen molar-refractivity contribution < 1.29 is 17.9 Å². The monoisotopic (exact) mass is 466 g/mol. The molecular formula is C26H30N2O4S. The molecule has 0 bridgehead atoms. The van der Waals surface area contributed by atoms with Crippen molar-refractivity contribution in [3.63, 3.8) is 0 Å². The van der Waals surface area contributed by atoms with Crippen LogP contribution in [0.3, 0.4) is 0 Å². The Kier molecular flexibility index (Phi) is 8.11. The van der Waals surface area contributed by atoms with E-state index in [9.17, 15) is 13.2 Å². The van der Waals surface area contributed by atoms with E-state index in [1.807, 2.05) is 45.0 Å². The van der Waals surface area contributed by atoms with E-state index < -0.39 is 10.0 Å². The van der Waals surface area contributed by atoms with Gasteiger partial charge in [0.2, 0.25) is 0 Å². The Bertz CT molecular complexity index is 1180. The highest BCUT2D eigenvalue weighted by Crippen LogP contribution is 2.21. The summed E-state index contributed by atoms with van der Waals surface area (Å²) < 4.78 is 33.4. The number of benzene rings is 3. The Labute approximate surface area is 196 Å². The van der Waals surface area contributed by atoms with Crippen LogP contribution < -0.4 is 14.8 Å². The third-order valence-corrected chi connectivity index (χ3v) is 6.78. The van der Waals surface area contributed by atoms with E-state index in [-0.39, 0.29) is 23.5 Å². The molecule has 0 heterocycles. The molecule has 0 aromatic heterocycles.